The van der Waals surface area contributed by atoms with E-state index in [4.69, 9.17) is 11.6 Å². The maximum Gasteiger partial charge on any atom is 0.426 e. The van der Waals surface area contributed by atoms with E-state index in [1.807, 2.05) is 0 Å². The van der Waals surface area contributed by atoms with E-state index in [0.717, 1.165) is 0 Å². The monoisotopic (exact) mass is 291 g/mol. The lowest BCUT2D eigenvalue weighted by atomic mass is 10.1. The highest BCUT2D eigenvalue weighted by Gasteiger charge is 2.43. The largest absolute Gasteiger partial charge is 0.432 e. The molecule has 0 aliphatic rings. The van der Waals surface area contributed by atoms with E-state index in [2.05, 4.69) is 4.74 Å². The molecule has 0 saturated heterocycles. The highest BCUT2D eigenvalue weighted by molar-refractivity contribution is 6.32. The Balaban J connectivity index is 3.56. The van der Waals surface area contributed by atoms with Crippen LogP contribution >= 0.6 is 11.6 Å². The predicted octanol–water partition coefficient (Wildman–Crippen LogP) is 3.87. The van der Waals surface area contributed by atoms with Crippen LogP contribution in [0, 0.1) is 10.1 Å². The van der Waals surface area contributed by atoms with Gasteiger partial charge in [-0.15, -0.1) is 0 Å². The molecule has 0 aliphatic heterocycles. The van der Waals surface area contributed by atoms with Crippen LogP contribution in [-0.4, -0.2) is 11.5 Å². The van der Waals surface area contributed by atoms with Gasteiger partial charge in [0.2, 0.25) is 0 Å². The minimum Gasteiger partial charge on any atom is -0.432 e. The normalized spacial score (nSPS) is 11.7. The number of hydrogen-bond acceptors (Lipinski definition) is 3. The quantitative estimate of drug-likeness (QED) is 0.482. The van der Waals surface area contributed by atoms with Crippen molar-refractivity contribution in [3.8, 4) is 5.75 Å². The molecule has 0 bridgehead atoms. The standard InChI is InChI=1S/C8H3ClF5NO3/c9-3-1-2-4(15(16)17)5(8(12,13)14)6(3)18-7(10)11/h1-2,7H. The topological polar surface area (TPSA) is 52.4 Å². The Morgan fingerprint density at radius 1 is 1.33 bits per heavy atom. The molecule has 0 aliphatic carbocycles. The van der Waals surface area contributed by atoms with Crippen molar-refractivity contribution in [3.63, 3.8) is 0 Å². The van der Waals surface area contributed by atoms with Crippen molar-refractivity contribution in [2.45, 2.75) is 12.8 Å². The van der Waals surface area contributed by atoms with Crippen LogP contribution in [0.4, 0.5) is 27.6 Å². The first-order valence-corrected chi connectivity index (χ1v) is 4.51. The summed E-state index contributed by atoms with van der Waals surface area (Å²) in [6, 6.07) is 1.14. The molecule has 0 aromatic heterocycles. The Kier molecular flexibility index (Phi) is 3.95. The van der Waals surface area contributed by atoms with E-state index in [-0.39, 0.29) is 0 Å². The molecule has 18 heavy (non-hydrogen) atoms. The van der Waals surface area contributed by atoms with Crippen molar-refractivity contribution in [3.05, 3.63) is 32.8 Å². The number of alkyl halides is 5. The Bertz CT molecular complexity index is 477. The van der Waals surface area contributed by atoms with Crippen LogP contribution in [0.15, 0.2) is 12.1 Å². The van der Waals surface area contributed by atoms with Crippen LogP contribution in [0.5, 0.6) is 5.75 Å². The third kappa shape index (κ3) is 2.97. The van der Waals surface area contributed by atoms with Gasteiger partial charge in [-0.2, -0.15) is 22.0 Å². The number of rotatable bonds is 3. The molecule has 1 aromatic rings. The minimum atomic E-state index is -5.25. The molecule has 0 saturated carbocycles. The summed E-state index contributed by atoms with van der Waals surface area (Å²) in [6.45, 7) is -3.59. The summed E-state index contributed by atoms with van der Waals surface area (Å²) >= 11 is 5.28. The maximum absolute atomic E-state index is 12.6. The van der Waals surface area contributed by atoms with Crippen LogP contribution in [0.3, 0.4) is 0 Å². The van der Waals surface area contributed by atoms with E-state index in [1.54, 1.807) is 0 Å². The molecule has 1 rings (SSSR count). The Morgan fingerprint density at radius 2 is 1.89 bits per heavy atom. The zero-order chi connectivity index (χ0) is 14.1. The number of nitro benzene ring substituents is 1. The van der Waals surface area contributed by atoms with E-state index in [1.165, 1.54) is 0 Å². The summed E-state index contributed by atoms with van der Waals surface area (Å²) in [5.74, 6) is -1.46. The maximum atomic E-state index is 12.6. The second kappa shape index (κ2) is 4.92. The number of ether oxygens (including phenoxy) is 1. The van der Waals surface area contributed by atoms with Gasteiger partial charge < -0.3 is 4.74 Å². The lowest BCUT2D eigenvalue weighted by Crippen LogP contribution is -2.14. The second-order valence-electron chi connectivity index (χ2n) is 2.90. The van der Waals surface area contributed by atoms with E-state index < -0.39 is 39.7 Å². The van der Waals surface area contributed by atoms with Gasteiger partial charge in [-0.3, -0.25) is 10.1 Å². The number of nitrogens with zero attached hydrogens (tertiary/aromatic N) is 1. The minimum absolute atomic E-state index is 0.462. The highest BCUT2D eigenvalue weighted by Crippen LogP contribution is 2.46. The SMILES string of the molecule is O=[N+]([O-])c1ccc(Cl)c(OC(F)F)c1C(F)(F)F. The summed E-state index contributed by atoms with van der Waals surface area (Å²) in [4.78, 5) is 9.07. The first kappa shape index (κ1) is 14.4. The molecule has 0 fully saturated rings. The smallest absolute Gasteiger partial charge is 0.426 e. The molecule has 100 valence electrons. The van der Waals surface area contributed by atoms with Gasteiger partial charge in [0.1, 0.15) is 0 Å². The van der Waals surface area contributed by atoms with Gasteiger partial charge in [-0.25, -0.2) is 0 Å². The second-order valence-corrected chi connectivity index (χ2v) is 3.31. The van der Waals surface area contributed by atoms with Crippen molar-refractivity contribution in [1.29, 1.82) is 0 Å². The third-order valence-electron chi connectivity index (χ3n) is 1.77. The Labute approximate surface area is 101 Å². The van der Waals surface area contributed by atoms with Gasteiger partial charge in [0.05, 0.1) is 9.95 Å². The molecule has 0 N–H and O–H groups in total. The number of hydrogen-bond donors (Lipinski definition) is 0. The van der Waals surface area contributed by atoms with Crippen LogP contribution in [0.1, 0.15) is 5.56 Å². The van der Waals surface area contributed by atoms with Gasteiger partial charge in [0.15, 0.2) is 11.3 Å². The molecule has 0 amide bonds. The molecule has 0 atom stereocenters. The first-order valence-electron chi connectivity index (χ1n) is 4.13. The van der Waals surface area contributed by atoms with E-state index >= 15 is 0 Å². The summed E-state index contributed by atoms with van der Waals surface area (Å²) in [7, 11) is 0. The molecule has 0 unspecified atom stereocenters. The lowest BCUT2D eigenvalue weighted by Gasteiger charge is -2.14. The van der Waals surface area contributed by atoms with Crippen LogP contribution < -0.4 is 4.74 Å². The van der Waals surface area contributed by atoms with Crippen LogP contribution in [-0.2, 0) is 6.18 Å². The van der Waals surface area contributed by atoms with Crippen LogP contribution in [0.25, 0.3) is 0 Å². The number of nitro groups is 1. The van der Waals surface area contributed by atoms with E-state index in [9.17, 15) is 32.1 Å². The van der Waals surface area contributed by atoms with Gasteiger partial charge in [0, 0.05) is 6.07 Å². The molecule has 0 radical (unpaired) electrons. The molecule has 4 nitrogen and oxygen atoms in total. The highest BCUT2D eigenvalue weighted by atomic mass is 35.5. The average molecular weight is 292 g/mol. The van der Waals surface area contributed by atoms with Crippen molar-refractivity contribution in [2.24, 2.45) is 0 Å². The Morgan fingerprint density at radius 3 is 2.28 bits per heavy atom. The van der Waals surface area contributed by atoms with Crippen molar-refractivity contribution < 1.29 is 31.6 Å². The van der Waals surface area contributed by atoms with Crippen molar-refractivity contribution in [2.75, 3.05) is 0 Å². The Hall–Kier alpha value is -1.64. The van der Waals surface area contributed by atoms with Gasteiger partial charge in [-0.1, -0.05) is 11.6 Å². The summed E-state index contributed by atoms with van der Waals surface area (Å²) in [5.41, 5.74) is -3.36. The molecule has 10 heteroatoms. The van der Waals surface area contributed by atoms with Crippen LogP contribution in [0.2, 0.25) is 5.02 Å². The fraction of sp³-hybridized carbons (Fsp3) is 0.250. The first-order chi connectivity index (χ1) is 8.14. The molecule has 0 spiro atoms. The zero-order valence-corrected chi connectivity index (χ0v) is 8.93. The molecular weight excluding hydrogens is 289 g/mol. The number of halogens is 6. The lowest BCUT2D eigenvalue weighted by molar-refractivity contribution is -0.388. The molecule has 0 heterocycles. The molecule has 1 aromatic carbocycles. The van der Waals surface area contributed by atoms with E-state index in [0.29, 0.717) is 12.1 Å². The van der Waals surface area contributed by atoms with Gasteiger partial charge in [0.25, 0.3) is 5.69 Å². The van der Waals surface area contributed by atoms with Gasteiger partial charge in [-0.05, 0) is 6.07 Å². The fourth-order valence-corrected chi connectivity index (χ4v) is 1.38. The summed E-state index contributed by atoms with van der Waals surface area (Å²) in [5, 5.41) is 9.64. The van der Waals surface area contributed by atoms with Gasteiger partial charge >= 0.3 is 12.8 Å². The summed E-state index contributed by atoms with van der Waals surface area (Å²) in [6.07, 6.45) is -5.25. The predicted molar refractivity (Wildman–Crippen MR) is 49.7 cm³/mol. The average Bonchev–Trinajstić information content (AvgIpc) is 2.17. The summed E-state index contributed by atoms with van der Waals surface area (Å²) < 4.78 is 65.4. The fourth-order valence-electron chi connectivity index (χ4n) is 1.18. The number of benzene rings is 1. The van der Waals surface area contributed by atoms with Crippen molar-refractivity contribution in [1.82, 2.24) is 0 Å². The van der Waals surface area contributed by atoms with Crippen molar-refractivity contribution >= 4 is 17.3 Å². The zero-order valence-electron chi connectivity index (χ0n) is 8.17. The third-order valence-corrected chi connectivity index (χ3v) is 2.07. The molecular formula is C8H3ClF5NO3.